The minimum atomic E-state index is 0.147. The lowest BCUT2D eigenvalue weighted by Gasteiger charge is -2.30. The molecule has 0 aromatic carbocycles. The maximum absolute atomic E-state index is 4.49. The summed E-state index contributed by atoms with van der Waals surface area (Å²) >= 11 is 0. The Morgan fingerprint density at radius 1 is 1.11 bits per heavy atom. The van der Waals surface area contributed by atoms with Crippen LogP contribution >= 0.6 is 0 Å². The van der Waals surface area contributed by atoms with E-state index in [9.17, 15) is 0 Å². The number of nitrogens with zero attached hydrogens (tertiary/aromatic N) is 2. The van der Waals surface area contributed by atoms with Crippen LogP contribution in [0.4, 0.5) is 5.82 Å². The number of anilines is 1. The van der Waals surface area contributed by atoms with Crippen molar-refractivity contribution in [2.24, 2.45) is 0 Å². The molecule has 1 aliphatic rings. The van der Waals surface area contributed by atoms with E-state index in [1.165, 1.54) is 30.5 Å². The van der Waals surface area contributed by atoms with Crippen LogP contribution in [0.3, 0.4) is 0 Å². The largest absolute Gasteiger partial charge is 0.365 e. The topological polar surface area (TPSA) is 37.8 Å². The number of hydrogen-bond donors (Lipinski definition) is 1. The first-order valence-electron chi connectivity index (χ1n) is 7.29. The number of aromatic nitrogens is 2. The van der Waals surface area contributed by atoms with Crippen molar-refractivity contribution in [2.45, 2.75) is 71.3 Å². The van der Waals surface area contributed by atoms with Gasteiger partial charge in [-0.1, -0.05) is 20.3 Å². The highest BCUT2D eigenvalue weighted by molar-refractivity contribution is 5.48. The summed E-state index contributed by atoms with van der Waals surface area (Å²) in [5.41, 5.74) is 2.77. The first-order chi connectivity index (χ1) is 8.68. The number of nitrogens with one attached hydrogen (secondary N) is 1. The lowest BCUT2D eigenvalue weighted by Crippen LogP contribution is -2.34. The first kappa shape index (κ1) is 13.3. The van der Waals surface area contributed by atoms with Gasteiger partial charge in [0.15, 0.2) is 0 Å². The molecule has 0 bridgehead atoms. The van der Waals surface area contributed by atoms with Crippen molar-refractivity contribution < 1.29 is 0 Å². The van der Waals surface area contributed by atoms with E-state index in [0.717, 1.165) is 31.5 Å². The third kappa shape index (κ3) is 2.82. The third-order valence-electron chi connectivity index (χ3n) is 4.36. The summed E-state index contributed by atoms with van der Waals surface area (Å²) in [6, 6.07) is 0. The van der Waals surface area contributed by atoms with Crippen molar-refractivity contribution in [3.63, 3.8) is 0 Å². The Labute approximate surface area is 110 Å². The minimum absolute atomic E-state index is 0.147. The molecular weight excluding hydrogens is 222 g/mol. The zero-order chi connectivity index (χ0) is 13.0. The molecule has 0 spiro atoms. The SMILES string of the molecule is CCC(C)(CC)Nc1ncnc2c1CCCCC2. The minimum Gasteiger partial charge on any atom is -0.365 e. The van der Waals surface area contributed by atoms with E-state index in [-0.39, 0.29) is 5.54 Å². The molecule has 0 unspecified atom stereocenters. The van der Waals surface area contributed by atoms with Crippen molar-refractivity contribution >= 4 is 5.82 Å². The maximum atomic E-state index is 4.49. The molecule has 2 rings (SSSR count). The van der Waals surface area contributed by atoms with Crippen molar-refractivity contribution in [1.82, 2.24) is 9.97 Å². The molecule has 0 aliphatic heterocycles. The Morgan fingerprint density at radius 2 is 1.83 bits per heavy atom. The molecule has 1 aromatic rings. The van der Waals surface area contributed by atoms with Crippen LogP contribution in [0, 0.1) is 0 Å². The van der Waals surface area contributed by atoms with Crippen LogP contribution in [0.2, 0.25) is 0 Å². The molecule has 3 heteroatoms. The van der Waals surface area contributed by atoms with Gasteiger partial charge in [-0.2, -0.15) is 0 Å². The van der Waals surface area contributed by atoms with Crippen molar-refractivity contribution in [3.05, 3.63) is 17.6 Å². The van der Waals surface area contributed by atoms with E-state index in [0.29, 0.717) is 0 Å². The van der Waals surface area contributed by atoms with Crippen LogP contribution in [0.25, 0.3) is 0 Å². The second kappa shape index (κ2) is 5.68. The number of aryl methyl sites for hydroxylation is 1. The van der Waals surface area contributed by atoms with Gasteiger partial charge in [0.05, 0.1) is 0 Å². The van der Waals surface area contributed by atoms with Gasteiger partial charge in [-0.15, -0.1) is 0 Å². The lowest BCUT2D eigenvalue weighted by atomic mass is 9.95. The van der Waals surface area contributed by atoms with Gasteiger partial charge in [-0.25, -0.2) is 9.97 Å². The predicted molar refractivity (Wildman–Crippen MR) is 75.9 cm³/mol. The fourth-order valence-corrected chi connectivity index (χ4v) is 2.52. The average Bonchev–Trinajstić information content (AvgIpc) is 2.64. The van der Waals surface area contributed by atoms with Gasteiger partial charge in [-0.05, 0) is 45.4 Å². The van der Waals surface area contributed by atoms with Gasteiger partial charge in [0.2, 0.25) is 0 Å². The van der Waals surface area contributed by atoms with Crippen molar-refractivity contribution in [1.29, 1.82) is 0 Å². The normalized spacial score (nSPS) is 15.9. The number of rotatable bonds is 4. The van der Waals surface area contributed by atoms with Gasteiger partial charge in [0.25, 0.3) is 0 Å². The summed E-state index contributed by atoms with van der Waals surface area (Å²) in [6.07, 6.45) is 10.0. The van der Waals surface area contributed by atoms with Crippen LogP contribution < -0.4 is 5.32 Å². The van der Waals surface area contributed by atoms with Crippen LogP contribution in [-0.4, -0.2) is 15.5 Å². The van der Waals surface area contributed by atoms with Gasteiger partial charge in [-0.3, -0.25) is 0 Å². The zero-order valence-electron chi connectivity index (χ0n) is 11.9. The number of fused-ring (bicyclic) bond motifs is 1. The van der Waals surface area contributed by atoms with Crippen LogP contribution in [0.1, 0.15) is 64.1 Å². The van der Waals surface area contributed by atoms with Crippen LogP contribution in [0.15, 0.2) is 6.33 Å². The van der Waals surface area contributed by atoms with E-state index in [1.54, 1.807) is 6.33 Å². The molecule has 1 N–H and O–H groups in total. The second-order valence-electron chi connectivity index (χ2n) is 5.60. The average molecular weight is 247 g/mol. The van der Waals surface area contributed by atoms with Gasteiger partial charge in [0, 0.05) is 16.8 Å². The molecule has 18 heavy (non-hydrogen) atoms. The highest BCUT2D eigenvalue weighted by Gasteiger charge is 2.22. The smallest absolute Gasteiger partial charge is 0.133 e. The fourth-order valence-electron chi connectivity index (χ4n) is 2.52. The summed E-state index contributed by atoms with van der Waals surface area (Å²) in [4.78, 5) is 8.96. The highest BCUT2D eigenvalue weighted by atomic mass is 15.1. The molecule has 0 radical (unpaired) electrons. The summed E-state index contributed by atoms with van der Waals surface area (Å²) in [6.45, 7) is 6.74. The molecule has 0 saturated carbocycles. The van der Waals surface area contributed by atoms with E-state index < -0.39 is 0 Å². The van der Waals surface area contributed by atoms with Crippen LogP contribution in [0.5, 0.6) is 0 Å². The monoisotopic (exact) mass is 247 g/mol. The standard InChI is InChI=1S/C15H25N3/c1-4-15(3,5-2)18-14-12-9-7-6-8-10-13(12)16-11-17-14/h11H,4-10H2,1-3H3,(H,16,17,18). The lowest BCUT2D eigenvalue weighted by molar-refractivity contribution is 0.475. The molecule has 1 heterocycles. The molecule has 1 aliphatic carbocycles. The number of hydrogen-bond acceptors (Lipinski definition) is 3. The maximum Gasteiger partial charge on any atom is 0.133 e. The Bertz CT molecular complexity index is 397. The molecule has 1 aromatic heterocycles. The first-order valence-corrected chi connectivity index (χ1v) is 7.29. The Morgan fingerprint density at radius 3 is 2.56 bits per heavy atom. The molecule has 100 valence electrons. The van der Waals surface area contributed by atoms with E-state index in [1.807, 2.05) is 0 Å². The molecule has 0 atom stereocenters. The Hall–Kier alpha value is -1.12. The Balaban J connectivity index is 2.28. The quantitative estimate of drug-likeness (QED) is 0.824. The van der Waals surface area contributed by atoms with Gasteiger partial charge < -0.3 is 5.32 Å². The molecule has 0 amide bonds. The Kier molecular flexibility index (Phi) is 4.20. The summed E-state index contributed by atoms with van der Waals surface area (Å²) in [5.74, 6) is 1.08. The molecular formula is C15H25N3. The van der Waals surface area contributed by atoms with Crippen molar-refractivity contribution in [2.75, 3.05) is 5.32 Å². The summed E-state index contributed by atoms with van der Waals surface area (Å²) in [5, 5.41) is 3.66. The molecule has 3 nitrogen and oxygen atoms in total. The van der Waals surface area contributed by atoms with E-state index >= 15 is 0 Å². The van der Waals surface area contributed by atoms with E-state index in [2.05, 4.69) is 36.1 Å². The predicted octanol–water partition coefficient (Wildman–Crippen LogP) is 3.74. The van der Waals surface area contributed by atoms with E-state index in [4.69, 9.17) is 0 Å². The molecule has 0 saturated heterocycles. The zero-order valence-corrected chi connectivity index (χ0v) is 11.9. The van der Waals surface area contributed by atoms with Gasteiger partial charge in [0.1, 0.15) is 12.1 Å². The second-order valence-corrected chi connectivity index (χ2v) is 5.60. The summed E-state index contributed by atoms with van der Waals surface area (Å²) < 4.78 is 0. The molecule has 0 fully saturated rings. The fraction of sp³-hybridized carbons (Fsp3) is 0.733. The summed E-state index contributed by atoms with van der Waals surface area (Å²) in [7, 11) is 0. The van der Waals surface area contributed by atoms with Gasteiger partial charge >= 0.3 is 0 Å². The van der Waals surface area contributed by atoms with Crippen LogP contribution in [-0.2, 0) is 12.8 Å². The third-order valence-corrected chi connectivity index (χ3v) is 4.36. The van der Waals surface area contributed by atoms with Crippen molar-refractivity contribution in [3.8, 4) is 0 Å². The highest BCUT2D eigenvalue weighted by Crippen LogP contribution is 2.27.